The summed E-state index contributed by atoms with van der Waals surface area (Å²) in [6.07, 6.45) is 1.61. The van der Waals surface area contributed by atoms with Gasteiger partial charge in [-0.15, -0.1) is 0 Å². The van der Waals surface area contributed by atoms with Gasteiger partial charge in [0.15, 0.2) is 0 Å². The predicted octanol–water partition coefficient (Wildman–Crippen LogP) is 3.30. The maximum absolute atomic E-state index is 12.9. The Morgan fingerprint density at radius 1 is 1.13 bits per heavy atom. The fourth-order valence-electron chi connectivity index (χ4n) is 3.39. The molecule has 0 aliphatic heterocycles. The van der Waals surface area contributed by atoms with Gasteiger partial charge in [-0.1, -0.05) is 12.1 Å². The Kier molecular flexibility index (Phi) is 5.12. The number of benzene rings is 2. The topological polar surface area (TPSA) is 109 Å². The summed E-state index contributed by atoms with van der Waals surface area (Å²) in [5, 5.41) is 15.9. The molecule has 156 valence electrons. The Balaban J connectivity index is 1.76. The first-order valence-corrected chi connectivity index (χ1v) is 9.63. The lowest BCUT2D eigenvalue weighted by molar-refractivity contribution is 0.102. The van der Waals surface area contributed by atoms with E-state index in [1.807, 2.05) is 25.1 Å². The molecule has 0 saturated carbocycles. The van der Waals surface area contributed by atoms with E-state index in [1.165, 1.54) is 16.7 Å². The average Bonchev–Trinajstić information content (AvgIpc) is 2.77. The summed E-state index contributed by atoms with van der Waals surface area (Å²) in [5.74, 6) is 0.0587. The van der Waals surface area contributed by atoms with Crippen LogP contribution in [0.5, 0.6) is 5.75 Å². The molecule has 0 unspecified atom stereocenters. The lowest BCUT2D eigenvalue weighted by Gasteiger charge is -2.15. The van der Waals surface area contributed by atoms with Crippen molar-refractivity contribution in [2.24, 2.45) is 7.05 Å². The Morgan fingerprint density at radius 3 is 2.68 bits per heavy atom. The Bertz CT molecular complexity index is 1380. The number of hydrogen-bond donors (Lipinski definition) is 3. The summed E-state index contributed by atoms with van der Waals surface area (Å²) >= 11 is 0. The number of carbonyl (C=O) groups is 1. The third-order valence-electron chi connectivity index (χ3n) is 5.08. The number of nitrogens with zero attached hydrogens (tertiary/aromatic N) is 3. The van der Waals surface area contributed by atoms with Crippen molar-refractivity contribution in [3.05, 3.63) is 76.2 Å². The van der Waals surface area contributed by atoms with E-state index in [9.17, 15) is 14.7 Å². The van der Waals surface area contributed by atoms with Crippen molar-refractivity contribution in [3.8, 4) is 17.0 Å². The highest BCUT2D eigenvalue weighted by atomic mass is 16.3. The van der Waals surface area contributed by atoms with E-state index in [2.05, 4.69) is 20.6 Å². The Labute approximate surface area is 178 Å². The second-order valence-corrected chi connectivity index (χ2v) is 7.18. The van der Waals surface area contributed by atoms with Gasteiger partial charge in [-0.25, -0.2) is 9.97 Å². The van der Waals surface area contributed by atoms with Crippen LogP contribution in [0, 0.1) is 6.92 Å². The van der Waals surface area contributed by atoms with E-state index >= 15 is 0 Å². The van der Waals surface area contributed by atoms with Crippen molar-refractivity contribution in [3.63, 3.8) is 0 Å². The molecule has 4 rings (SSSR count). The number of phenols is 1. The van der Waals surface area contributed by atoms with Crippen LogP contribution in [0.15, 0.2) is 59.5 Å². The number of aromatic hydroxyl groups is 1. The quantitative estimate of drug-likeness (QED) is 0.472. The zero-order chi connectivity index (χ0) is 22.1. The van der Waals surface area contributed by atoms with Crippen molar-refractivity contribution in [2.75, 3.05) is 17.7 Å². The molecule has 0 fully saturated rings. The van der Waals surface area contributed by atoms with Gasteiger partial charge in [-0.2, -0.15) is 0 Å². The van der Waals surface area contributed by atoms with Crippen LogP contribution in [-0.2, 0) is 7.05 Å². The molecular weight excluding hydrogens is 394 g/mol. The largest absolute Gasteiger partial charge is 0.508 e. The molecule has 2 heterocycles. The first-order chi connectivity index (χ1) is 14.9. The third kappa shape index (κ3) is 3.83. The van der Waals surface area contributed by atoms with E-state index < -0.39 is 0 Å². The highest BCUT2D eigenvalue weighted by molar-refractivity contribution is 6.04. The van der Waals surface area contributed by atoms with E-state index in [0.717, 1.165) is 11.1 Å². The van der Waals surface area contributed by atoms with Gasteiger partial charge < -0.3 is 20.3 Å². The summed E-state index contributed by atoms with van der Waals surface area (Å²) in [6.45, 7) is 1.94. The van der Waals surface area contributed by atoms with Gasteiger partial charge in [-0.3, -0.25) is 9.59 Å². The summed E-state index contributed by atoms with van der Waals surface area (Å²) in [4.78, 5) is 34.0. The van der Waals surface area contributed by atoms with Crippen molar-refractivity contribution in [1.82, 2.24) is 14.5 Å². The predicted molar refractivity (Wildman–Crippen MR) is 121 cm³/mol. The first kappa shape index (κ1) is 20.1. The van der Waals surface area contributed by atoms with E-state index in [-0.39, 0.29) is 17.2 Å². The third-order valence-corrected chi connectivity index (χ3v) is 5.08. The zero-order valence-corrected chi connectivity index (χ0v) is 17.3. The van der Waals surface area contributed by atoms with Gasteiger partial charge in [0.1, 0.15) is 11.3 Å². The maximum Gasteiger partial charge on any atom is 0.277 e. The number of rotatable bonds is 4. The Hall–Kier alpha value is -4.20. The molecule has 0 saturated heterocycles. The number of fused-ring (bicyclic) bond motifs is 1. The number of aromatic nitrogens is 3. The number of pyridine rings is 1. The minimum absolute atomic E-state index is 0.0204. The lowest BCUT2D eigenvalue weighted by atomic mass is 10.0. The number of aryl methyl sites for hydroxylation is 1. The van der Waals surface area contributed by atoms with Crippen LogP contribution in [0.25, 0.3) is 22.2 Å². The number of amides is 1. The molecule has 0 aliphatic rings. The molecule has 1 amide bonds. The normalized spacial score (nSPS) is 10.8. The van der Waals surface area contributed by atoms with Gasteiger partial charge in [0.25, 0.3) is 11.5 Å². The van der Waals surface area contributed by atoms with Crippen LogP contribution in [0.4, 0.5) is 11.6 Å². The molecule has 2 aromatic carbocycles. The van der Waals surface area contributed by atoms with Gasteiger partial charge in [-0.05, 0) is 48.9 Å². The van der Waals surface area contributed by atoms with Crippen LogP contribution >= 0.6 is 0 Å². The smallest absolute Gasteiger partial charge is 0.277 e. The van der Waals surface area contributed by atoms with E-state index in [1.54, 1.807) is 38.5 Å². The molecule has 0 aliphatic carbocycles. The van der Waals surface area contributed by atoms with Gasteiger partial charge in [0.2, 0.25) is 5.95 Å². The summed E-state index contributed by atoms with van der Waals surface area (Å²) in [7, 11) is 3.38. The van der Waals surface area contributed by atoms with Crippen LogP contribution in [0.3, 0.4) is 0 Å². The molecule has 4 aromatic rings. The standard InChI is InChI=1S/C23H21N5O3/c1-13-7-8-16(26-21(30)14-5-4-6-17(29)9-14)11-18(13)19-10-15-12-25-23(24-2)27-20(15)22(31)28(19)3/h4-12,29H,1-3H3,(H,26,30)(H,24,25,27). The second kappa shape index (κ2) is 7.91. The number of anilines is 2. The van der Waals surface area contributed by atoms with Crippen molar-refractivity contribution >= 4 is 28.4 Å². The van der Waals surface area contributed by atoms with Crippen LogP contribution in [0.2, 0.25) is 0 Å². The highest BCUT2D eigenvalue weighted by Gasteiger charge is 2.14. The molecule has 0 radical (unpaired) electrons. The molecule has 31 heavy (non-hydrogen) atoms. The minimum atomic E-state index is -0.342. The van der Waals surface area contributed by atoms with Crippen LogP contribution in [0.1, 0.15) is 15.9 Å². The molecule has 0 spiro atoms. The number of carbonyl (C=O) groups excluding carboxylic acids is 1. The fourth-order valence-corrected chi connectivity index (χ4v) is 3.39. The van der Waals surface area contributed by atoms with Gasteiger partial charge in [0.05, 0.1) is 5.69 Å². The second-order valence-electron chi connectivity index (χ2n) is 7.18. The van der Waals surface area contributed by atoms with E-state index in [4.69, 9.17) is 0 Å². The maximum atomic E-state index is 12.9. The molecule has 3 N–H and O–H groups in total. The molecule has 0 atom stereocenters. The summed E-state index contributed by atoms with van der Waals surface area (Å²) in [6, 6.07) is 13.5. The lowest BCUT2D eigenvalue weighted by Crippen LogP contribution is -2.20. The zero-order valence-electron chi connectivity index (χ0n) is 17.3. The van der Waals surface area contributed by atoms with Crippen LogP contribution < -0.4 is 16.2 Å². The summed E-state index contributed by atoms with van der Waals surface area (Å²) in [5.41, 5.74) is 3.44. The minimum Gasteiger partial charge on any atom is -0.508 e. The molecule has 2 aromatic heterocycles. The summed E-state index contributed by atoms with van der Waals surface area (Å²) < 4.78 is 1.54. The van der Waals surface area contributed by atoms with Crippen molar-refractivity contribution in [1.29, 1.82) is 0 Å². The SMILES string of the molecule is CNc1ncc2cc(-c3cc(NC(=O)c4cccc(O)c4)ccc3C)n(C)c(=O)c2n1. The molecule has 0 bridgehead atoms. The molecule has 8 nitrogen and oxygen atoms in total. The Morgan fingerprint density at radius 2 is 1.94 bits per heavy atom. The van der Waals surface area contributed by atoms with Gasteiger partial charge in [0, 0.05) is 42.5 Å². The number of hydrogen-bond acceptors (Lipinski definition) is 6. The van der Waals surface area contributed by atoms with E-state index in [0.29, 0.717) is 33.8 Å². The monoisotopic (exact) mass is 415 g/mol. The van der Waals surface area contributed by atoms with Crippen molar-refractivity contribution in [2.45, 2.75) is 6.92 Å². The van der Waals surface area contributed by atoms with Gasteiger partial charge >= 0.3 is 0 Å². The average molecular weight is 415 g/mol. The highest BCUT2D eigenvalue weighted by Crippen LogP contribution is 2.28. The fraction of sp³-hybridized carbons (Fsp3) is 0.130. The first-order valence-electron chi connectivity index (χ1n) is 9.63. The van der Waals surface area contributed by atoms with Crippen LogP contribution in [-0.4, -0.2) is 32.6 Å². The number of nitrogens with one attached hydrogen (secondary N) is 2. The molecule has 8 heteroatoms. The number of phenolic OH excluding ortho intramolecular Hbond substituents is 1. The van der Waals surface area contributed by atoms with Crippen molar-refractivity contribution < 1.29 is 9.90 Å². The molecular formula is C23H21N5O3.